The van der Waals surface area contributed by atoms with Gasteiger partial charge in [-0.05, 0) is 50.2 Å². The number of amides is 1. The molecule has 7 nitrogen and oxygen atoms in total. The number of para-hydroxylation sites is 1. The fourth-order valence-corrected chi connectivity index (χ4v) is 3.34. The molecule has 1 unspecified atom stereocenters. The Bertz CT molecular complexity index is 1090. The van der Waals surface area contributed by atoms with Crippen molar-refractivity contribution in [2.45, 2.75) is 26.3 Å². The first-order valence-electron chi connectivity index (χ1n) is 9.37. The van der Waals surface area contributed by atoms with Gasteiger partial charge in [-0.1, -0.05) is 24.3 Å². The number of nitrogens with zero attached hydrogens (tertiary/aromatic N) is 4. The number of aryl methyl sites for hydroxylation is 1. The van der Waals surface area contributed by atoms with Crippen LogP contribution in [0.2, 0.25) is 0 Å². The molecule has 1 aliphatic heterocycles. The van der Waals surface area contributed by atoms with Gasteiger partial charge in [0.25, 0.3) is 5.91 Å². The summed E-state index contributed by atoms with van der Waals surface area (Å²) in [6, 6.07) is 18.3. The molecule has 146 valence electrons. The van der Waals surface area contributed by atoms with Gasteiger partial charge in [-0.3, -0.25) is 14.6 Å². The number of aromatic nitrogens is 2. The van der Waals surface area contributed by atoms with Gasteiger partial charge in [0, 0.05) is 24.0 Å². The van der Waals surface area contributed by atoms with Gasteiger partial charge < -0.3 is 5.32 Å². The second-order valence-corrected chi connectivity index (χ2v) is 6.95. The second kappa shape index (κ2) is 7.71. The van der Waals surface area contributed by atoms with Crippen LogP contribution in [-0.2, 0) is 9.59 Å². The Labute approximate surface area is 168 Å². The van der Waals surface area contributed by atoms with Crippen molar-refractivity contribution >= 4 is 28.8 Å². The standard InChI is InChI=1S/C22H21N5O2/c1-15-11-12-23-26(15)19-10-6-7-17(13-19)24-22(29)20-14-21(16(2)28)27(25-20)18-8-4-3-5-9-18/h3-13,21H,14H2,1-2H3,(H,24,29). The minimum Gasteiger partial charge on any atom is -0.321 e. The first-order valence-corrected chi connectivity index (χ1v) is 9.37. The largest absolute Gasteiger partial charge is 0.321 e. The molecule has 0 fully saturated rings. The maximum absolute atomic E-state index is 12.8. The Morgan fingerprint density at radius 1 is 1.03 bits per heavy atom. The molecule has 0 bridgehead atoms. The Hall–Kier alpha value is -3.74. The number of ketones is 1. The van der Waals surface area contributed by atoms with Crippen molar-refractivity contribution in [3.05, 3.63) is 72.6 Å². The van der Waals surface area contributed by atoms with Gasteiger partial charge in [0.1, 0.15) is 11.8 Å². The fraction of sp³-hybridized carbons (Fsp3) is 0.182. The number of hydrogen-bond donors (Lipinski definition) is 1. The summed E-state index contributed by atoms with van der Waals surface area (Å²) in [7, 11) is 0. The van der Waals surface area contributed by atoms with E-state index in [2.05, 4.69) is 15.5 Å². The van der Waals surface area contributed by atoms with Crippen LogP contribution in [0.3, 0.4) is 0 Å². The summed E-state index contributed by atoms with van der Waals surface area (Å²) >= 11 is 0. The molecule has 2 heterocycles. The number of nitrogens with one attached hydrogen (secondary N) is 1. The first-order chi connectivity index (χ1) is 14.0. The predicted molar refractivity (Wildman–Crippen MR) is 112 cm³/mol. The number of hydrazone groups is 1. The highest BCUT2D eigenvalue weighted by molar-refractivity contribution is 6.44. The van der Waals surface area contributed by atoms with E-state index < -0.39 is 6.04 Å². The predicted octanol–water partition coefficient (Wildman–Crippen LogP) is 3.34. The summed E-state index contributed by atoms with van der Waals surface area (Å²) in [5, 5.41) is 13.2. The lowest BCUT2D eigenvalue weighted by atomic mass is 10.1. The lowest BCUT2D eigenvalue weighted by Crippen LogP contribution is -2.33. The quantitative estimate of drug-likeness (QED) is 0.728. The average molecular weight is 387 g/mol. The van der Waals surface area contributed by atoms with Gasteiger partial charge in [-0.15, -0.1) is 0 Å². The summed E-state index contributed by atoms with van der Waals surface area (Å²) in [6.45, 7) is 3.48. The number of rotatable bonds is 5. The van der Waals surface area contributed by atoms with Crippen LogP contribution in [0, 0.1) is 6.92 Å². The highest BCUT2D eigenvalue weighted by atomic mass is 16.2. The lowest BCUT2D eigenvalue weighted by molar-refractivity contribution is -0.118. The maximum atomic E-state index is 12.8. The number of benzene rings is 2. The van der Waals surface area contributed by atoms with E-state index in [0.29, 0.717) is 11.4 Å². The average Bonchev–Trinajstić information content (AvgIpc) is 3.35. The van der Waals surface area contributed by atoms with E-state index in [1.807, 2.05) is 67.6 Å². The third-order valence-electron chi connectivity index (χ3n) is 4.84. The fourth-order valence-electron chi connectivity index (χ4n) is 3.34. The topological polar surface area (TPSA) is 79.6 Å². The van der Waals surface area contributed by atoms with Crippen LogP contribution >= 0.6 is 0 Å². The molecule has 1 aromatic heterocycles. The van der Waals surface area contributed by atoms with Crippen LogP contribution in [0.1, 0.15) is 19.0 Å². The van der Waals surface area contributed by atoms with Gasteiger partial charge in [-0.25, -0.2) is 4.68 Å². The summed E-state index contributed by atoms with van der Waals surface area (Å²) in [4.78, 5) is 24.9. The number of carbonyl (C=O) groups is 2. The van der Waals surface area contributed by atoms with Gasteiger partial charge in [-0.2, -0.15) is 10.2 Å². The summed E-state index contributed by atoms with van der Waals surface area (Å²) in [5.74, 6) is -0.347. The Morgan fingerprint density at radius 3 is 2.48 bits per heavy atom. The third-order valence-corrected chi connectivity index (χ3v) is 4.84. The molecule has 4 rings (SSSR count). The van der Waals surface area contributed by atoms with Gasteiger partial charge >= 0.3 is 0 Å². The van der Waals surface area contributed by atoms with Crippen LogP contribution in [0.15, 0.2) is 72.0 Å². The molecule has 0 spiro atoms. The van der Waals surface area contributed by atoms with Crippen molar-refractivity contribution in [2.75, 3.05) is 10.3 Å². The van der Waals surface area contributed by atoms with E-state index in [9.17, 15) is 9.59 Å². The van der Waals surface area contributed by atoms with Crippen molar-refractivity contribution < 1.29 is 9.59 Å². The van der Waals surface area contributed by atoms with Crippen LogP contribution in [-0.4, -0.2) is 33.2 Å². The van der Waals surface area contributed by atoms with E-state index in [0.717, 1.165) is 17.1 Å². The highest BCUT2D eigenvalue weighted by Gasteiger charge is 2.34. The number of hydrogen-bond acceptors (Lipinski definition) is 5. The Balaban J connectivity index is 1.56. The molecule has 7 heteroatoms. The van der Waals surface area contributed by atoms with Crippen LogP contribution in [0.25, 0.3) is 5.69 Å². The molecule has 1 atom stereocenters. The number of carbonyl (C=O) groups excluding carboxylic acids is 2. The zero-order valence-electron chi connectivity index (χ0n) is 16.2. The number of Topliss-reactive ketones (excluding diaryl/α,β-unsaturated/α-hetero) is 1. The maximum Gasteiger partial charge on any atom is 0.271 e. The summed E-state index contributed by atoms with van der Waals surface area (Å²) in [5.41, 5.74) is 3.60. The highest BCUT2D eigenvalue weighted by Crippen LogP contribution is 2.25. The van der Waals surface area contributed by atoms with Crippen molar-refractivity contribution in [1.82, 2.24) is 9.78 Å². The van der Waals surface area contributed by atoms with E-state index in [-0.39, 0.29) is 18.1 Å². The molecule has 0 saturated carbocycles. The molecule has 0 aliphatic carbocycles. The van der Waals surface area contributed by atoms with E-state index >= 15 is 0 Å². The molecule has 1 aliphatic rings. The van der Waals surface area contributed by atoms with Crippen LogP contribution < -0.4 is 10.3 Å². The number of anilines is 2. The van der Waals surface area contributed by atoms with Gasteiger partial charge in [0.2, 0.25) is 0 Å². The Kier molecular flexibility index (Phi) is 4.95. The molecular weight excluding hydrogens is 366 g/mol. The first kappa shape index (κ1) is 18.6. The zero-order valence-corrected chi connectivity index (χ0v) is 16.2. The molecule has 1 N–H and O–H groups in total. The monoisotopic (exact) mass is 387 g/mol. The van der Waals surface area contributed by atoms with E-state index in [1.54, 1.807) is 15.9 Å². The Morgan fingerprint density at radius 2 is 1.79 bits per heavy atom. The van der Waals surface area contributed by atoms with Crippen molar-refractivity contribution in [2.24, 2.45) is 5.10 Å². The van der Waals surface area contributed by atoms with Crippen LogP contribution in [0.5, 0.6) is 0 Å². The van der Waals surface area contributed by atoms with Crippen molar-refractivity contribution in [3.63, 3.8) is 0 Å². The van der Waals surface area contributed by atoms with E-state index in [1.165, 1.54) is 6.92 Å². The minimum atomic E-state index is -0.476. The summed E-state index contributed by atoms with van der Waals surface area (Å²) < 4.78 is 1.80. The van der Waals surface area contributed by atoms with Crippen LogP contribution in [0.4, 0.5) is 11.4 Å². The molecular formula is C22H21N5O2. The van der Waals surface area contributed by atoms with Crippen molar-refractivity contribution in [1.29, 1.82) is 0 Å². The molecule has 0 saturated heterocycles. The molecule has 3 aromatic rings. The normalized spacial score (nSPS) is 15.9. The third kappa shape index (κ3) is 3.80. The molecule has 0 radical (unpaired) electrons. The molecule has 1 amide bonds. The van der Waals surface area contributed by atoms with Crippen molar-refractivity contribution in [3.8, 4) is 5.69 Å². The smallest absolute Gasteiger partial charge is 0.271 e. The zero-order chi connectivity index (χ0) is 20.4. The second-order valence-electron chi connectivity index (χ2n) is 6.95. The summed E-state index contributed by atoms with van der Waals surface area (Å²) in [6.07, 6.45) is 2.00. The van der Waals surface area contributed by atoms with E-state index in [4.69, 9.17) is 0 Å². The van der Waals surface area contributed by atoms with Gasteiger partial charge in [0.15, 0.2) is 5.78 Å². The molecule has 29 heavy (non-hydrogen) atoms. The minimum absolute atomic E-state index is 0.0310. The van der Waals surface area contributed by atoms with Gasteiger partial charge in [0.05, 0.1) is 11.4 Å². The molecule has 2 aromatic carbocycles. The lowest BCUT2D eigenvalue weighted by Gasteiger charge is -2.20. The SMILES string of the molecule is CC(=O)C1CC(C(=O)Nc2cccc(-n3nccc3C)c2)=NN1c1ccccc1.